The van der Waals surface area contributed by atoms with Gasteiger partial charge in [-0.2, -0.15) is 0 Å². The molecule has 1 fully saturated rings. The summed E-state index contributed by atoms with van der Waals surface area (Å²) in [6, 6.07) is 1.68. The molecular weight excluding hydrogens is 218 g/mol. The standard InChI is InChI=1S/C11H19N5O/c1-15-3-4-16(2)8(7-15)5-10-13-9(12)6-11(17)14-10/h6,8H,3-5,7H2,1-2H3,(H3,12,13,14,17). The molecule has 6 heteroatoms. The van der Waals surface area contributed by atoms with Crippen LogP contribution in [0.2, 0.25) is 0 Å². The topological polar surface area (TPSA) is 78.2 Å². The van der Waals surface area contributed by atoms with E-state index in [0.29, 0.717) is 11.9 Å². The lowest BCUT2D eigenvalue weighted by atomic mass is 10.1. The number of H-pyrrole nitrogens is 1. The zero-order chi connectivity index (χ0) is 12.4. The molecule has 6 nitrogen and oxygen atoms in total. The molecule has 17 heavy (non-hydrogen) atoms. The minimum atomic E-state index is -0.181. The van der Waals surface area contributed by atoms with Crippen molar-refractivity contribution in [3.8, 4) is 0 Å². The number of hydrogen-bond donors (Lipinski definition) is 2. The lowest BCUT2D eigenvalue weighted by molar-refractivity contribution is 0.113. The van der Waals surface area contributed by atoms with Gasteiger partial charge in [-0.1, -0.05) is 0 Å². The summed E-state index contributed by atoms with van der Waals surface area (Å²) in [6.07, 6.45) is 0.723. The number of aromatic nitrogens is 2. The van der Waals surface area contributed by atoms with Crippen LogP contribution in [0, 0.1) is 0 Å². The van der Waals surface area contributed by atoms with Crippen LogP contribution < -0.4 is 11.3 Å². The van der Waals surface area contributed by atoms with Gasteiger partial charge in [0.25, 0.3) is 5.56 Å². The molecule has 1 unspecified atom stereocenters. The number of nitrogen functional groups attached to an aromatic ring is 1. The minimum Gasteiger partial charge on any atom is -0.383 e. The van der Waals surface area contributed by atoms with Gasteiger partial charge in [-0.15, -0.1) is 0 Å². The van der Waals surface area contributed by atoms with Crippen LogP contribution in [0.4, 0.5) is 5.82 Å². The molecular formula is C11H19N5O. The predicted molar refractivity (Wildman–Crippen MR) is 66.9 cm³/mol. The van der Waals surface area contributed by atoms with Crippen molar-refractivity contribution in [3.63, 3.8) is 0 Å². The fraction of sp³-hybridized carbons (Fsp3) is 0.636. The Bertz CT molecular complexity index is 444. The largest absolute Gasteiger partial charge is 0.383 e. The lowest BCUT2D eigenvalue weighted by Gasteiger charge is -2.37. The number of aromatic amines is 1. The quantitative estimate of drug-likeness (QED) is 0.700. The first-order valence-corrected chi connectivity index (χ1v) is 5.79. The Balaban J connectivity index is 2.11. The molecule has 3 N–H and O–H groups in total. The first-order valence-electron chi connectivity index (χ1n) is 5.79. The fourth-order valence-corrected chi connectivity index (χ4v) is 2.17. The third kappa shape index (κ3) is 3.04. The number of piperazine rings is 1. The van der Waals surface area contributed by atoms with Gasteiger partial charge in [0.15, 0.2) is 0 Å². The molecule has 94 valence electrons. The summed E-state index contributed by atoms with van der Waals surface area (Å²) < 4.78 is 0. The first-order chi connectivity index (χ1) is 8.04. The van der Waals surface area contributed by atoms with Crippen molar-refractivity contribution in [1.29, 1.82) is 0 Å². The van der Waals surface area contributed by atoms with Crippen molar-refractivity contribution in [1.82, 2.24) is 19.8 Å². The summed E-state index contributed by atoms with van der Waals surface area (Å²) in [4.78, 5) is 22.8. The van der Waals surface area contributed by atoms with E-state index in [2.05, 4.69) is 33.9 Å². The van der Waals surface area contributed by atoms with E-state index in [1.165, 1.54) is 6.07 Å². The molecule has 0 aliphatic carbocycles. The number of anilines is 1. The van der Waals surface area contributed by atoms with Gasteiger partial charge in [-0.3, -0.25) is 4.79 Å². The first kappa shape index (κ1) is 12.1. The Morgan fingerprint density at radius 1 is 1.53 bits per heavy atom. The Kier molecular flexibility index (Phi) is 3.44. The molecule has 1 atom stereocenters. The average Bonchev–Trinajstić information content (AvgIpc) is 2.22. The molecule has 1 aromatic heterocycles. The van der Waals surface area contributed by atoms with Crippen molar-refractivity contribution < 1.29 is 0 Å². The van der Waals surface area contributed by atoms with E-state index in [4.69, 9.17) is 5.73 Å². The van der Waals surface area contributed by atoms with E-state index in [9.17, 15) is 4.79 Å². The second-order valence-corrected chi connectivity index (χ2v) is 4.72. The van der Waals surface area contributed by atoms with E-state index in [1.807, 2.05) is 0 Å². The van der Waals surface area contributed by atoms with Gasteiger partial charge in [0.05, 0.1) is 0 Å². The van der Waals surface area contributed by atoms with Crippen molar-refractivity contribution >= 4 is 5.82 Å². The average molecular weight is 237 g/mol. The number of nitrogens with one attached hydrogen (secondary N) is 1. The van der Waals surface area contributed by atoms with Gasteiger partial charge in [0, 0.05) is 38.2 Å². The van der Waals surface area contributed by atoms with Crippen molar-refractivity contribution in [2.45, 2.75) is 12.5 Å². The van der Waals surface area contributed by atoms with Crippen molar-refractivity contribution in [2.24, 2.45) is 0 Å². The third-order valence-corrected chi connectivity index (χ3v) is 3.22. The van der Waals surface area contributed by atoms with Crippen LogP contribution in [0.15, 0.2) is 10.9 Å². The highest BCUT2D eigenvalue weighted by molar-refractivity contribution is 5.25. The summed E-state index contributed by atoms with van der Waals surface area (Å²) in [6.45, 7) is 3.09. The molecule has 0 radical (unpaired) electrons. The maximum Gasteiger partial charge on any atom is 0.252 e. The molecule has 0 bridgehead atoms. The zero-order valence-corrected chi connectivity index (χ0v) is 10.3. The molecule has 0 spiro atoms. The monoisotopic (exact) mass is 237 g/mol. The predicted octanol–water partition coefficient (Wildman–Crippen LogP) is -0.860. The minimum absolute atomic E-state index is 0.181. The molecule has 0 aromatic carbocycles. The number of nitrogens with zero attached hydrogens (tertiary/aromatic N) is 3. The van der Waals surface area contributed by atoms with Crippen molar-refractivity contribution in [2.75, 3.05) is 39.5 Å². The van der Waals surface area contributed by atoms with Gasteiger partial charge in [-0.25, -0.2) is 4.98 Å². The smallest absolute Gasteiger partial charge is 0.252 e. The highest BCUT2D eigenvalue weighted by Crippen LogP contribution is 2.09. The van der Waals surface area contributed by atoms with E-state index < -0.39 is 0 Å². The van der Waals surface area contributed by atoms with Gasteiger partial charge in [-0.05, 0) is 14.1 Å². The Morgan fingerprint density at radius 2 is 2.29 bits per heavy atom. The molecule has 0 saturated carbocycles. The molecule has 0 amide bonds. The summed E-state index contributed by atoms with van der Waals surface area (Å²) >= 11 is 0. The molecule has 1 aliphatic heterocycles. The Morgan fingerprint density at radius 3 is 3.00 bits per heavy atom. The van der Waals surface area contributed by atoms with E-state index in [-0.39, 0.29) is 11.4 Å². The maximum atomic E-state index is 11.3. The fourth-order valence-electron chi connectivity index (χ4n) is 2.17. The summed E-state index contributed by atoms with van der Waals surface area (Å²) in [5.41, 5.74) is 5.39. The number of hydrogen-bond acceptors (Lipinski definition) is 5. The third-order valence-electron chi connectivity index (χ3n) is 3.22. The maximum absolute atomic E-state index is 11.3. The lowest BCUT2D eigenvalue weighted by Crippen LogP contribution is -2.51. The van der Waals surface area contributed by atoms with Crippen LogP contribution in [-0.4, -0.2) is 59.5 Å². The van der Waals surface area contributed by atoms with Crippen LogP contribution in [-0.2, 0) is 6.42 Å². The van der Waals surface area contributed by atoms with Crippen LogP contribution in [0.1, 0.15) is 5.82 Å². The molecule has 1 saturated heterocycles. The van der Waals surface area contributed by atoms with E-state index in [1.54, 1.807) is 0 Å². The second-order valence-electron chi connectivity index (χ2n) is 4.72. The summed E-state index contributed by atoms with van der Waals surface area (Å²) in [5.74, 6) is 0.956. The molecule has 2 rings (SSSR count). The Labute approximate surface area is 100 Å². The number of nitrogens with two attached hydrogens (primary N) is 1. The van der Waals surface area contributed by atoms with Crippen LogP contribution in [0.25, 0.3) is 0 Å². The van der Waals surface area contributed by atoms with Crippen molar-refractivity contribution in [3.05, 3.63) is 22.2 Å². The number of rotatable bonds is 2. The molecule has 1 aliphatic rings. The Hall–Kier alpha value is -1.40. The molecule has 1 aromatic rings. The van der Waals surface area contributed by atoms with Crippen LogP contribution in [0.5, 0.6) is 0 Å². The second kappa shape index (κ2) is 4.85. The SMILES string of the molecule is CN1CCN(C)C(Cc2nc(N)cc(=O)[nH]2)C1. The zero-order valence-electron chi connectivity index (χ0n) is 10.3. The van der Waals surface area contributed by atoms with Gasteiger partial charge in [0.2, 0.25) is 0 Å². The van der Waals surface area contributed by atoms with Gasteiger partial charge >= 0.3 is 0 Å². The van der Waals surface area contributed by atoms with E-state index >= 15 is 0 Å². The highest BCUT2D eigenvalue weighted by Gasteiger charge is 2.23. The van der Waals surface area contributed by atoms with Gasteiger partial charge < -0.3 is 20.5 Å². The summed E-state index contributed by atoms with van der Waals surface area (Å²) in [5, 5.41) is 0. The molecule has 2 heterocycles. The normalized spacial score (nSPS) is 22.8. The highest BCUT2D eigenvalue weighted by atomic mass is 16.1. The van der Waals surface area contributed by atoms with Gasteiger partial charge in [0.1, 0.15) is 11.6 Å². The van der Waals surface area contributed by atoms with Crippen LogP contribution >= 0.6 is 0 Å². The van der Waals surface area contributed by atoms with Crippen LogP contribution in [0.3, 0.4) is 0 Å². The number of likely N-dealkylation sites (N-methyl/N-ethyl adjacent to an activating group) is 2. The van der Waals surface area contributed by atoms with E-state index in [0.717, 1.165) is 26.1 Å². The summed E-state index contributed by atoms with van der Waals surface area (Å²) in [7, 11) is 4.21.